The molecule has 22 heteroatoms. The topological polar surface area (TPSA) is 163 Å². The number of amides is 2. The van der Waals surface area contributed by atoms with Crippen LogP contribution in [0.3, 0.4) is 0 Å². The summed E-state index contributed by atoms with van der Waals surface area (Å²) in [7, 11) is 1.79. The lowest BCUT2D eigenvalue weighted by Crippen LogP contribution is -2.51. The number of carbonyl (C=O) groups excluding carboxylic acids is 2. The van der Waals surface area contributed by atoms with Gasteiger partial charge >= 0.3 is 12.2 Å². The van der Waals surface area contributed by atoms with Crippen LogP contribution in [0.1, 0.15) is 83.8 Å². The second-order valence-electron chi connectivity index (χ2n) is 20.2. The van der Waals surface area contributed by atoms with E-state index in [4.69, 9.17) is 80.8 Å². The summed E-state index contributed by atoms with van der Waals surface area (Å²) in [5, 5.41) is 5.88. The lowest BCUT2D eigenvalue weighted by molar-refractivity contribution is -0.687. The molecule has 2 aromatic carbocycles. The number of aromatic nitrogens is 4. The zero-order chi connectivity index (χ0) is 50.8. The molecular formula is C49H63Cl4N14O4+. The molecule has 0 spiro atoms. The lowest BCUT2D eigenvalue weighted by atomic mass is 10.2. The molecule has 4 aliphatic rings. The number of aliphatic imine (C=N–C) groups is 2. The van der Waals surface area contributed by atoms with Gasteiger partial charge in [-0.2, -0.15) is 0 Å². The molecule has 2 aromatic heterocycles. The fourth-order valence-corrected chi connectivity index (χ4v) is 9.24. The molecule has 380 valence electrons. The molecule has 0 aliphatic carbocycles. The highest BCUT2D eigenvalue weighted by Gasteiger charge is 2.33. The Bertz CT molecular complexity index is 2690. The van der Waals surface area contributed by atoms with E-state index >= 15 is 0 Å². The number of nitrogens with zero attached hydrogens (tertiary/aromatic N) is 12. The predicted molar refractivity (Wildman–Crippen MR) is 278 cm³/mol. The fraction of sp³-hybridized carbons (Fsp3) is 0.510. The van der Waals surface area contributed by atoms with Crippen molar-refractivity contribution < 1.29 is 23.6 Å². The highest BCUT2D eigenvalue weighted by molar-refractivity contribution is 6.42. The van der Waals surface area contributed by atoms with Crippen molar-refractivity contribution in [2.24, 2.45) is 9.98 Å². The summed E-state index contributed by atoms with van der Waals surface area (Å²) in [4.78, 5) is 59.8. The third-order valence-corrected chi connectivity index (χ3v) is 13.7. The SMILES string of the molecule is Cc1cc(N=C2CCN(c3ccc(Cl)c(Cl)c3)N2)[n+](Cc2cc(N=C3CCN(c4ccc(Cl)c(Cl)c4)N3)nc(CN3CCC(N(C)C(=O)OC(C)(C)C)C3)n2)c(CN2CCN(C(=O)OC(C)(C)C)CC2)n1. The van der Waals surface area contributed by atoms with Crippen LogP contribution >= 0.6 is 46.4 Å². The van der Waals surface area contributed by atoms with Gasteiger partial charge in [-0.3, -0.25) is 30.7 Å². The number of carbonyl (C=O) groups is 2. The van der Waals surface area contributed by atoms with Crippen LogP contribution in [0.15, 0.2) is 58.5 Å². The molecule has 0 radical (unpaired) electrons. The summed E-state index contributed by atoms with van der Waals surface area (Å²) in [6.07, 6.45) is 1.40. The van der Waals surface area contributed by atoms with Crippen LogP contribution in [0.2, 0.25) is 20.1 Å². The van der Waals surface area contributed by atoms with Gasteiger partial charge in [0.05, 0.1) is 56.3 Å². The number of piperazine rings is 1. The maximum atomic E-state index is 13.1. The van der Waals surface area contributed by atoms with E-state index in [0.29, 0.717) is 122 Å². The first-order valence-electron chi connectivity index (χ1n) is 23.9. The number of anilines is 2. The molecule has 0 bridgehead atoms. The van der Waals surface area contributed by atoms with Crippen LogP contribution < -0.4 is 25.4 Å². The van der Waals surface area contributed by atoms with Crippen molar-refractivity contribution in [1.82, 2.24) is 45.4 Å². The fourth-order valence-electron chi connectivity index (χ4n) is 8.66. The van der Waals surface area contributed by atoms with E-state index in [2.05, 4.69) is 25.2 Å². The number of ether oxygens (including phenoxy) is 2. The molecule has 4 saturated heterocycles. The Kier molecular flexibility index (Phi) is 16.0. The van der Waals surface area contributed by atoms with E-state index in [0.717, 1.165) is 47.5 Å². The third kappa shape index (κ3) is 13.8. The van der Waals surface area contributed by atoms with Gasteiger partial charge < -0.3 is 19.3 Å². The van der Waals surface area contributed by atoms with Crippen molar-refractivity contribution in [3.8, 4) is 0 Å². The highest BCUT2D eigenvalue weighted by atomic mass is 35.5. The van der Waals surface area contributed by atoms with Gasteiger partial charge in [0, 0.05) is 84.4 Å². The summed E-state index contributed by atoms with van der Waals surface area (Å²) in [5.41, 5.74) is 8.96. The Morgan fingerprint density at radius 2 is 1.34 bits per heavy atom. The number of aryl methyl sites for hydroxylation is 1. The summed E-state index contributed by atoms with van der Waals surface area (Å²) in [6, 6.07) is 14.9. The van der Waals surface area contributed by atoms with Crippen molar-refractivity contribution in [1.29, 1.82) is 0 Å². The monoisotopic (exact) mass is 1050 g/mol. The van der Waals surface area contributed by atoms with Crippen molar-refractivity contribution in [3.63, 3.8) is 0 Å². The summed E-state index contributed by atoms with van der Waals surface area (Å²) in [6.45, 7) is 19.4. The molecule has 1 unspecified atom stereocenters. The first-order chi connectivity index (χ1) is 33.6. The molecule has 1 atom stereocenters. The van der Waals surface area contributed by atoms with E-state index in [1.54, 1.807) is 29.0 Å². The number of amidine groups is 2. The largest absolute Gasteiger partial charge is 0.444 e. The van der Waals surface area contributed by atoms with Gasteiger partial charge in [0.25, 0.3) is 11.6 Å². The molecule has 4 aliphatic heterocycles. The second-order valence-corrected chi connectivity index (χ2v) is 21.9. The van der Waals surface area contributed by atoms with E-state index in [1.807, 2.05) is 94.9 Å². The van der Waals surface area contributed by atoms with E-state index < -0.39 is 11.2 Å². The van der Waals surface area contributed by atoms with Gasteiger partial charge in [-0.15, -0.1) is 4.98 Å². The van der Waals surface area contributed by atoms with Gasteiger partial charge in [0.1, 0.15) is 35.1 Å². The summed E-state index contributed by atoms with van der Waals surface area (Å²) < 4.78 is 13.5. The maximum absolute atomic E-state index is 13.1. The summed E-state index contributed by atoms with van der Waals surface area (Å²) in [5.74, 6) is 4.05. The number of hydrazine groups is 2. The molecule has 2 N–H and O–H groups in total. The Hall–Kier alpha value is -5.24. The number of benzene rings is 2. The molecule has 0 saturated carbocycles. The molecular weight excluding hydrogens is 990 g/mol. The van der Waals surface area contributed by atoms with Crippen LogP contribution in [-0.4, -0.2) is 135 Å². The van der Waals surface area contributed by atoms with Crippen LogP contribution in [-0.2, 0) is 29.1 Å². The normalized spacial score (nSPS) is 19.2. The van der Waals surface area contributed by atoms with Crippen LogP contribution in [0.4, 0.5) is 32.6 Å². The van der Waals surface area contributed by atoms with Crippen molar-refractivity contribution in [3.05, 3.63) is 91.7 Å². The number of rotatable bonds is 11. The van der Waals surface area contributed by atoms with Crippen molar-refractivity contribution >= 4 is 93.3 Å². The second kappa shape index (κ2) is 21.9. The number of hydrogen-bond donors (Lipinski definition) is 2. The minimum absolute atomic E-state index is 0.0380. The quantitative estimate of drug-likeness (QED) is 0.138. The number of likely N-dealkylation sites (N-methyl/N-ethyl adjacent to an activating group) is 1. The zero-order valence-corrected chi connectivity index (χ0v) is 44.6. The van der Waals surface area contributed by atoms with Gasteiger partial charge in [0.15, 0.2) is 11.7 Å². The molecule has 71 heavy (non-hydrogen) atoms. The molecule has 18 nitrogen and oxygen atoms in total. The standard InChI is InChI=1S/C49H62Cl4N14O4/c1-31-23-44(58-41-15-18-67(60-41)34-10-12-37(51)39(53)26-34)65(45(54-31)30-62-19-21-64(22-20-62)47(69)71-49(5,6)7)27-32-24-42(56-40-14-17-66(59-40)33-9-11-36(50)38(52)25-33)57-43(55-32)29-63-16-13-35(28-63)61(8)46(68)70-48(2,3)4/h9-12,23-26,35H,13-22,27-30H2,1-8H3,(H,55,56,57,59)/p+1. The lowest BCUT2D eigenvalue weighted by Gasteiger charge is -2.35. The van der Waals surface area contributed by atoms with Gasteiger partial charge in [-0.1, -0.05) is 51.4 Å². The zero-order valence-electron chi connectivity index (χ0n) is 41.6. The molecule has 4 fully saturated rings. The number of halogens is 4. The Morgan fingerprint density at radius 3 is 1.93 bits per heavy atom. The molecule has 6 heterocycles. The summed E-state index contributed by atoms with van der Waals surface area (Å²) >= 11 is 25.3. The molecule has 8 rings (SSSR count). The number of nitrogens with one attached hydrogen (secondary N) is 2. The predicted octanol–water partition coefficient (Wildman–Crippen LogP) is 8.51. The van der Waals surface area contributed by atoms with Crippen LogP contribution in [0.5, 0.6) is 0 Å². The highest BCUT2D eigenvalue weighted by Crippen LogP contribution is 2.30. The van der Waals surface area contributed by atoms with Crippen molar-refractivity contribution in [2.45, 2.75) is 105 Å². The number of hydrogen-bond acceptors (Lipinski definition) is 13. The first kappa shape index (κ1) is 52.1. The van der Waals surface area contributed by atoms with Gasteiger partial charge in [-0.05, 0) is 91.3 Å². The maximum Gasteiger partial charge on any atom is 0.410 e. The minimum Gasteiger partial charge on any atom is -0.444 e. The smallest absolute Gasteiger partial charge is 0.410 e. The average molecular weight is 1050 g/mol. The third-order valence-electron chi connectivity index (χ3n) is 12.2. The van der Waals surface area contributed by atoms with E-state index in [-0.39, 0.29) is 18.2 Å². The first-order valence-corrected chi connectivity index (χ1v) is 25.4. The Labute approximate surface area is 435 Å². The average Bonchev–Trinajstić information content (AvgIpc) is 4.08. The molecule has 4 aromatic rings. The number of likely N-dealkylation sites (tertiary alicyclic amines) is 1. The van der Waals surface area contributed by atoms with Crippen molar-refractivity contribution in [2.75, 3.05) is 69.4 Å². The van der Waals surface area contributed by atoms with E-state index in [1.165, 1.54) is 0 Å². The Morgan fingerprint density at radius 1 is 0.732 bits per heavy atom. The Balaban J connectivity index is 1.12. The van der Waals surface area contributed by atoms with Crippen LogP contribution in [0, 0.1) is 6.92 Å². The van der Waals surface area contributed by atoms with Crippen LogP contribution in [0.25, 0.3) is 0 Å². The van der Waals surface area contributed by atoms with Gasteiger partial charge in [0.2, 0.25) is 0 Å². The van der Waals surface area contributed by atoms with Gasteiger partial charge in [-0.25, -0.2) is 29.1 Å². The molecule has 2 amide bonds. The minimum atomic E-state index is -0.601. The van der Waals surface area contributed by atoms with E-state index in [9.17, 15) is 9.59 Å².